The van der Waals surface area contributed by atoms with Crippen molar-refractivity contribution < 1.29 is 10.0 Å². The number of hydrogen-bond acceptors (Lipinski definition) is 3. The lowest BCUT2D eigenvalue weighted by Crippen LogP contribution is -2.39. The molecule has 15 heavy (non-hydrogen) atoms. The largest absolute Gasteiger partial charge is 0.409 e. The summed E-state index contributed by atoms with van der Waals surface area (Å²) in [6.07, 6.45) is 1.46. The van der Waals surface area contributed by atoms with Crippen LogP contribution in [-0.2, 0) is 4.79 Å². The summed E-state index contributed by atoms with van der Waals surface area (Å²) in [6, 6.07) is 0. The third kappa shape index (κ3) is 5.24. The summed E-state index contributed by atoms with van der Waals surface area (Å²) in [5.74, 6) is -0.176. The Morgan fingerprint density at radius 2 is 2.13 bits per heavy atom. The van der Waals surface area contributed by atoms with Crippen LogP contribution in [0.15, 0.2) is 5.16 Å². The van der Waals surface area contributed by atoms with Gasteiger partial charge < -0.3 is 16.3 Å². The highest BCUT2D eigenvalue weighted by molar-refractivity contribution is 6.01. The number of oxime groups is 1. The van der Waals surface area contributed by atoms with Crippen LogP contribution in [0.25, 0.3) is 0 Å². The highest BCUT2D eigenvalue weighted by atomic mass is 16.4. The minimum absolute atomic E-state index is 0.0282. The van der Waals surface area contributed by atoms with Gasteiger partial charge in [-0.15, -0.1) is 0 Å². The lowest BCUT2D eigenvalue weighted by Gasteiger charge is -2.13. The van der Waals surface area contributed by atoms with Crippen molar-refractivity contribution in [2.24, 2.45) is 22.7 Å². The summed E-state index contributed by atoms with van der Waals surface area (Å²) in [4.78, 5) is 11.6. The number of amidine groups is 1. The van der Waals surface area contributed by atoms with Gasteiger partial charge in [-0.2, -0.15) is 0 Å². The molecule has 0 heterocycles. The first-order valence-corrected chi connectivity index (χ1v) is 5.28. The normalized spacial score (nSPS) is 14.0. The zero-order valence-corrected chi connectivity index (χ0v) is 9.66. The Hall–Kier alpha value is -1.26. The number of carbonyl (C=O) groups excluding carboxylic acids is 1. The van der Waals surface area contributed by atoms with Crippen molar-refractivity contribution in [1.29, 1.82) is 0 Å². The van der Waals surface area contributed by atoms with Crippen molar-refractivity contribution in [2.45, 2.75) is 33.6 Å². The quantitative estimate of drug-likeness (QED) is 0.266. The number of amides is 1. The molecule has 0 aromatic carbocycles. The Kier molecular flexibility index (Phi) is 6.49. The van der Waals surface area contributed by atoms with Crippen LogP contribution in [0.4, 0.5) is 0 Å². The Bertz CT molecular complexity index is 227. The Balaban J connectivity index is 4.06. The smallest absolute Gasteiger partial charge is 0.230 e. The molecule has 88 valence electrons. The summed E-state index contributed by atoms with van der Waals surface area (Å²) in [5.41, 5.74) is 5.40. The molecule has 1 atom stereocenters. The summed E-state index contributed by atoms with van der Waals surface area (Å²) >= 11 is 0. The van der Waals surface area contributed by atoms with Crippen molar-refractivity contribution in [2.75, 3.05) is 6.54 Å². The lowest BCUT2D eigenvalue weighted by molar-refractivity contribution is -0.123. The molecule has 0 saturated heterocycles. The monoisotopic (exact) mass is 215 g/mol. The van der Waals surface area contributed by atoms with E-state index in [1.54, 1.807) is 0 Å². The first-order valence-electron chi connectivity index (χ1n) is 5.28. The van der Waals surface area contributed by atoms with E-state index in [1.165, 1.54) is 0 Å². The summed E-state index contributed by atoms with van der Waals surface area (Å²) in [6.45, 7) is 6.64. The zero-order valence-electron chi connectivity index (χ0n) is 9.66. The van der Waals surface area contributed by atoms with Crippen LogP contribution >= 0.6 is 0 Å². The lowest BCUT2D eigenvalue weighted by atomic mass is 10.0. The van der Waals surface area contributed by atoms with E-state index < -0.39 is 5.92 Å². The second kappa shape index (κ2) is 7.09. The van der Waals surface area contributed by atoms with E-state index in [-0.39, 0.29) is 11.7 Å². The molecule has 1 unspecified atom stereocenters. The molecule has 0 aliphatic heterocycles. The summed E-state index contributed by atoms with van der Waals surface area (Å²) in [5, 5.41) is 14.1. The molecule has 5 heteroatoms. The fourth-order valence-electron chi connectivity index (χ4n) is 1.21. The van der Waals surface area contributed by atoms with E-state index >= 15 is 0 Å². The Labute approximate surface area is 90.7 Å². The van der Waals surface area contributed by atoms with Gasteiger partial charge in [0.05, 0.1) is 5.92 Å². The van der Waals surface area contributed by atoms with Crippen molar-refractivity contribution in [3.8, 4) is 0 Å². The number of carbonyl (C=O) groups is 1. The van der Waals surface area contributed by atoms with Crippen LogP contribution in [0.1, 0.15) is 33.6 Å². The number of nitrogens with two attached hydrogens (primary N) is 1. The molecule has 0 bridgehead atoms. The average molecular weight is 215 g/mol. The van der Waals surface area contributed by atoms with Crippen molar-refractivity contribution >= 4 is 11.7 Å². The van der Waals surface area contributed by atoms with E-state index in [2.05, 4.69) is 24.3 Å². The van der Waals surface area contributed by atoms with Crippen molar-refractivity contribution in [1.82, 2.24) is 5.32 Å². The Morgan fingerprint density at radius 3 is 2.53 bits per heavy atom. The van der Waals surface area contributed by atoms with E-state index in [0.717, 1.165) is 6.42 Å². The zero-order chi connectivity index (χ0) is 11.8. The molecule has 0 spiro atoms. The molecule has 4 N–H and O–H groups in total. The highest BCUT2D eigenvalue weighted by Crippen LogP contribution is 2.03. The van der Waals surface area contributed by atoms with Gasteiger partial charge in [-0.3, -0.25) is 4.79 Å². The molecule has 0 aromatic rings. The van der Waals surface area contributed by atoms with Gasteiger partial charge in [0.1, 0.15) is 0 Å². The molecule has 0 aromatic heterocycles. The van der Waals surface area contributed by atoms with Gasteiger partial charge in [0.25, 0.3) is 0 Å². The summed E-state index contributed by atoms with van der Waals surface area (Å²) in [7, 11) is 0. The van der Waals surface area contributed by atoms with Gasteiger partial charge in [-0.25, -0.2) is 0 Å². The van der Waals surface area contributed by atoms with Gasteiger partial charge in [-0.1, -0.05) is 25.9 Å². The summed E-state index contributed by atoms with van der Waals surface area (Å²) < 4.78 is 0. The van der Waals surface area contributed by atoms with Crippen molar-refractivity contribution in [3.05, 3.63) is 0 Å². The molecule has 1 amide bonds. The van der Waals surface area contributed by atoms with Crippen LogP contribution in [0.2, 0.25) is 0 Å². The van der Waals surface area contributed by atoms with Crippen LogP contribution in [-0.4, -0.2) is 23.5 Å². The molecule has 0 saturated carbocycles. The first-order chi connectivity index (χ1) is 7.02. The topological polar surface area (TPSA) is 87.7 Å². The van der Waals surface area contributed by atoms with Gasteiger partial charge in [0.15, 0.2) is 5.84 Å². The fourth-order valence-corrected chi connectivity index (χ4v) is 1.21. The maximum Gasteiger partial charge on any atom is 0.230 e. The third-order valence-corrected chi connectivity index (χ3v) is 2.22. The van der Waals surface area contributed by atoms with Crippen LogP contribution in [0.5, 0.6) is 0 Å². The van der Waals surface area contributed by atoms with Gasteiger partial charge >= 0.3 is 0 Å². The molecule has 5 nitrogen and oxygen atoms in total. The van der Waals surface area contributed by atoms with Crippen LogP contribution in [0.3, 0.4) is 0 Å². The van der Waals surface area contributed by atoms with E-state index in [4.69, 9.17) is 10.9 Å². The fraction of sp³-hybridized carbons (Fsp3) is 0.800. The SMILES string of the molecule is CCC(C(=O)NCCC(C)C)C(N)=NO. The minimum atomic E-state index is -0.526. The van der Waals surface area contributed by atoms with Crippen LogP contribution < -0.4 is 11.1 Å². The molecular formula is C10H21N3O2. The molecule has 0 fully saturated rings. The average Bonchev–Trinajstić information content (AvgIpc) is 2.18. The van der Waals surface area contributed by atoms with Crippen molar-refractivity contribution in [3.63, 3.8) is 0 Å². The highest BCUT2D eigenvalue weighted by Gasteiger charge is 2.20. The third-order valence-electron chi connectivity index (χ3n) is 2.22. The van der Waals surface area contributed by atoms with Gasteiger partial charge in [0.2, 0.25) is 5.91 Å². The van der Waals surface area contributed by atoms with Crippen LogP contribution in [0, 0.1) is 11.8 Å². The second-order valence-electron chi connectivity index (χ2n) is 3.96. The molecule has 0 rings (SSSR count). The Morgan fingerprint density at radius 1 is 1.53 bits per heavy atom. The van der Waals surface area contributed by atoms with E-state index in [1.807, 2.05) is 6.92 Å². The van der Waals surface area contributed by atoms with Gasteiger partial charge in [-0.05, 0) is 18.8 Å². The molecule has 0 aliphatic carbocycles. The van der Waals surface area contributed by atoms with Gasteiger partial charge in [0, 0.05) is 6.54 Å². The molecule has 0 aliphatic rings. The predicted octanol–water partition coefficient (Wildman–Crippen LogP) is 0.921. The maximum atomic E-state index is 11.6. The molecule has 0 radical (unpaired) electrons. The maximum absolute atomic E-state index is 11.6. The van der Waals surface area contributed by atoms with E-state index in [9.17, 15) is 4.79 Å². The number of nitrogens with zero attached hydrogens (tertiary/aromatic N) is 1. The standard InChI is InChI=1S/C10H21N3O2/c1-4-8(9(11)13-15)10(14)12-6-5-7(2)3/h7-8,15H,4-6H2,1-3H3,(H2,11,13)(H,12,14). The number of nitrogens with one attached hydrogen (secondary N) is 1. The second-order valence-corrected chi connectivity index (χ2v) is 3.96. The minimum Gasteiger partial charge on any atom is -0.409 e. The number of rotatable bonds is 6. The first kappa shape index (κ1) is 13.7. The molecular weight excluding hydrogens is 194 g/mol. The number of hydrogen-bond donors (Lipinski definition) is 3. The predicted molar refractivity (Wildman–Crippen MR) is 59.7 cm³/mol. The van der Waals surface area contributed by atoms with E-state index in [0.29, 0.717) is 18.9 Å².